The molecule has 0 saturated heterocycles. The number of benzene rings is 1. The van der Waals surface area contributed by atoms with Crippen LogP contribution in [0.4, 0.5) is 0 Å². The van der Waals surface area contributed by atoms with Gasteiger partial charge in [0.25, 0.3) is 0 Å². The van der Waals surface area contributed by atoms with Gasteiger partial charge in [-0.25, -0.2) is 9.98 Å². The van der Waals surface area contributed by atoms with E-state index in [1.54, 1.807) is 20.4 Å². The van der Waals surface area contributed by atoms with Gasteiger partial charge in [-0.15, -0.1) is 24.0 Å². The Bertz CT molecular complexity index is 705. The van der Waals surface area contributed by atoms with Gasteiger partial charge in [0.15, 0.2) is 5.96 Å². The van der Waals surface area contributed by atoms with Gasteiger partial charge in [0.05, 0.1) is 20.8 Å². The van der Waals surface area contributed by atoms with E-state index in [0.29, 0.717) is 18.3 Å². The third-order valence-corrected chi connectivity index (χ3v) is 4.33. The van der Waals surface area contributed by atoms with Gasteiger partial charge in [0.1, 0.15) is 5.75 Å². The molecule has 1 heterocycles. The van der Waals surface area contributed by atoms with Gasteiger partial charge in [-0.05, 0) is 42.5 Å². The first-order valence-corrected chi connectivity index (χ1v) is 9.31. The van der Waals surface area contributed by atoms with Crippen molar-refractivity contribution < 1.29 is 9.47 Å². The van der Waals surface area contributed by atoms with Gasteiger partial charge in [-0.2, -0.15) is 0 Å². The number of nitrogens with one attached hydrogen (secondary N) is 2. The van der Waals surface area contributed by atoms with E-state index in [1.165, 1.54) is 5.56 Å². The Morgan fingerprint density at radius 2 is 1.82 bits per heavy atom. The number of rotatable bonds is 9. The van der Waals surface area contributed by atoms with Crippen molar-refractivity contribution in [2.24, 2.45) is 4.99 Å². The maximum Gasteiger partial charge on any atom is 0.212 e. The predicted octanol–water partition coefficient (Wildman–Crippen LogP) is 3.97. The third kappa shape index (κ3) is 7.92. The minimum atomic E-state index is 0. The first-order chi connectivity index (χ1) is 13.2. The van der Waals surface area contributed by atoms with Crippen LogP contribution in [0.5, 0.6) is 11.6 Å². The van der Waals surface area contributed by atoms with E-state index in [4.69, 9.17) is 9.47 Å². The molecular weight excluding hydrogens is 467 g/mol. The molecule has 1 aromatic heterocycles. The molecule has 0 fully saturated rings. The van der Waals surface area contributed by atoms with E-state index in [-0.39, 0.29) is 24.0 Å². The monoisotopic (exact) mass is 498 g/mol. The molecule has 0 aliphatic heterocycles. The van der Waals surface area contributed by atoms with Gasteiger partial charge >= 0.3 is 0 Å². The molecule has 0 bridgehead atoms. The molecule has 0 saturated carbocycles. The predicted molar refractivity (Wildman–Crippen MR) is 125 cm³/mol. The van der Waals surface area contributed by atoms with Crippen LogP contribution < -0.4 is 20.1 Å². The number of hydrogen-bond acceptors (Lipinski definition) is 4. The highest BCUT2D eigenvalue weighted by Gasteiger charge is 2.06. The van der Waals surface area contributed by atoms with Crippen LogP contribution in [0.15, 0.2) is 47.6 Å². The van der Waals surface area contributed by atoms with Gasteiger partial charge < -0.3 is 20.1 Å². The molecule has 2 rings (SSSR count). The summed E-state index contributed by atoms with van der Waals surface area (Å²) in [6, 6.07) is 12.1. The Balaban J connectivity index is 0.00000392. The van der Waals surface area contributed by atoms with Crippen LogP contribution >= 0.6 is 24.0 Å². The third-order valence-electron chi connectivity index (χ3n) is 4.33. The van der Waals surface area contributed by atoms with E-state index >= 15 is 0 Å². The van der Waals surface area contributed by atoms with E-state index < -0.39 is 0 Å². The Hall–Kier alpha value is -2.03. The Kier molecular flexibility index (Phi) is 11.3. The van der Waals surface area contributed by atoms with Gasteiger partial charge in [0.2, 0.25) is 5.88 Å². The zero-order valence-corrected chi connectivity index (χ0v) is 19.4. The molecule has 154 valence electrons. The van der Waals surface area contributed by atoms with Crippen LogP contribution in [0, 0.1) is 0 Å². The molecule has 28 heavy (non-hydrogen) atoms. The number of nitrogens with zero attached hydrogens (tertiary/aromatic N) is 2. The fourth-order valence-corrected chi connectivity index (χ4v) is 2.64. The molecule has 1 atom stereocenters. The first kappa shape index (κ1) is 24.0. The van der Waals surface area contributed by atoms with E-state index in [9.17, 15) is 0 Å². The first-order valence-electron chi connectivity index (χ1n) is 9.31. The lowest BCUT2D eigenvalue weighted by atomic mass is 9.98. The standard InChI is InChI=1S/C21H30N4O2.HI/c1-5-22-21(25-15-17-6-11-20(27-4)24-14-17)23-13-12-16(2)18-7-9-19(26-3)10-8-18;/h6-11,14,16H,5,12-13,15H2,1-4H3,(H2,22,23,25);1H. The van der Waals surface area contributed by atoms with Crippen LogP contribution in [0.1, 0.15) is 37.3 Å². The number of methoxy groups -OCH3 is 2. The lowest BCUT2D eigenvalue weighted by Gasteiger charge is -2.15. The van der Waals surface area contributed by atoms with Crippen LogP contribution in [0.2, 0.25) is 0 Å². The van der Waals surface area contributed by atoms with E-state index in [2.05, 4.69) is 46.6 Å². The maximum absolute atomic E-state index is 5.22. The van der Waals surface area contributed by atoms with Crippen molar-refractivity contribution in [1.82, 2.24) is 15.6 Å². The highest BCUT2D eigenvalue weighted by molar-refractivity contribution is 14.0. The summed E-state index contributed by atoms with van der Waals surface area (Å²) in [5, 5.41) is 6.69. The summed E-state index contributed by atoms with van der Waals surface area (Å²) < 4.78 is 10.3. The van der Waals surface area contributed by atoms with Crippen LogP contribution in [0.25, 0.3) is 0 Å². The highest BCUT2D eigenvalue weighted by atomic mass is 127. The quantitative estimate of drug-likeness (QED) is 0.311. The molecule has 0 radical (unpaired) electrons. The molecule has 0 spiro atoms. The second-order valence-electron chi connectivity index (χ2n) is 6.29. The van der Waals surface area contributed by atoms with Crippen molar-refractivity contribution >= 4 is 29.9 Å². The van der Waals surface area contributed by atoms with E-state index in [0.717, 1.165) is 36.8 Å². The van der Waals surface area contributed by atoms with Crippen molar-refractivity contribution in [1.29, 1.82) is 0 Å². The van der Waals surface area contributed by atoms with Gasteiger partial charge in [-0.1, -0.05) is 25.1 Å². The highest BCUT2D eigenvalue weighted by Crippen LogP contribution is 2.21. The number of guanidine groups is 1. The fraction of sp³-hybridized carbons (Fsp3) is 0.429. The molecule has 0 amide bonds. The normalized spacial score (nSPS) is 11.9. The molecule has 2 N–H and O–H groups in total. The second kappa shape index (κ2) is 13.2. The Morgan fingerprint density at radius 3 is 2.39 bits per heavy atom. The molecule has 0 aliphatic rings. The average molecular weight is 498 g/mol. The molecule has 0 aliphatic carbocycles. The topological polar surface area (TPSA) is 67.8 Å². The largest absolute Gasteiger partial charge is 0.497 e. The summed E-state index contributed by atoms with van der Waals surface area (Å²) in [5.74, 6) is 2.77. The summed E-state index contributed by atoms with van der Waals surface area (Å²) >= 11 is 0. The second-order valence-corrected chi connectivity index (χ2v) is 6.29. The minimum Gasteiger partial charge on any atom is -0.497 e. The summed E-state index contributed by atoms with van der Waals surface area (Å²) in [5.41, 5.74) is 2.35. The fourth-order valence-electron chi connectivity index (χ4n) is 2.64. The zero-order valence-electron chi connectivity index (χ0n) is 17.1. The summed E-state index contributed by atoms with van der Waals surface area (Å²) in [7, 11) is 3.30. The van der Waals surface area contributed by atoms with Crippen molar-refractivity contribution in [2.75, 3.05) is 27.3 Å². The Morgan fingerprint density at radius 1 is 1.07 bits per heavy atom. The molecule has 6 nitrogen and oxygen atoms in total. The number of aromatic nitrogens is 1. The van der Waals surface area contributed by atoms with Gasteiger partial charge in [0, 0.05) is 25.4 Å². The molecule has 7 heteroatoms. The maximum atomic E-state index is 5.22. The van der Waals surface area contributed by atoms with Crippen molar-refractivity contribution in [3.8, 4) is 11.6 Å². The zero-order chi connectivity index (χ0) is 19.5. The van der Waals surface area contributed by atoms with Crippen molar-refractivity contribution in [3.05, 3.63) is 53.7 Å². The smallest absolute Gasteiger partial charge is 0.212 e. The summed E-state index contributed by atoms with van der Waals surface area (Å²) in [4.78, 5) is 8.84. The Labute approximate surface area is 185 Å². The average Bonchev–Trinajstić information content (AvgIpc) is 2.72. The molecule has 1 unspecified atom stereocenters. The van der Waals surface area contributed by atoms with Crippen LogP contribution in [-0.4, -0.2) is 38.3 Å². The number of halogens is 1. The number of hydrogen-bond donors (Lipinski definition) is 2. The molecular formula is C21H31IN4O2. The SMILES string of the molecule is CCNC(=NCc1ccc(OC)nc1)NCCC(C)c1ccc(OC)cc1.I. The summed E-state index contributed by atoms with van der Waals surface area (Å²) in [6.07, 6.45) is 2.80. The van der Waals surface area contributed by atoms with Crippen LogP contribution in [0.3, 0.4) is 0 Å². The number of ether oxygens (including phenoxy) is 2. The number of pyridine rings is 1. The molecule has 1 aromatic carbocycles. The number of aliphatic imine (C=N–C) groups is 1. The minimum absolute atomic E-state index is 0. The van der Waals surface area contributed by atoms with Crippen molar-refractivity contribution in [3.63, 3.8) is 0 Å². The lowest BCUT2D eigenvalue weighted by molar-refractivity contribution is 0.397. The van der Waals surface area contributed by atoms with Gasteiger partial charge in [-0.3, -0.25) is 0 Å². The summed E-state index contributed by atoms with van der Waals surface area (Å²) in [6.45, 7) is 6.53. The van der Waals surface area contributed by atoms with Crippen molar-refractivity contribution in [2.45, 2.75) is 32.7 Å². The van der Waals surface area contributed by atoms with E-state index in [1.807, 2.05) is 24.3 Å². The van der Waals surface area contributed by atoms with Crippen LogP contribution in [-0.2, 0) is 6.54 Å². The molecule has 2 aromatic rings. The lowest BCUT2D eigenvalue weighted by Crippen LogP contribution is -2.38.